The van der Waals surface area contributed by atoms with Crippen molar-refractivity contribution in [3.05, 3.63) is 23.8 Å². The number of amides is 3. The van der Waals surface area contributed by atoms with Crippen LogP contribution in [0.25, 0.3) is 11.0 Å². The molecule has 1 aromatic heterocycles. The van der Waals surface area contributed by atoms with Gasteiger partial charge in [0.1, 0.15) is 0 Å². The van der Waals surface area contributed by atoms with Crippen LogP contribution in [0.3, 0.4) is 0 Å². The second kappa shape index (κ2) is 6.53. The van der Waals surface area contributed by atoms with E-state index in [0.29, 0.717) is 10.7 Å². The number of hydrogen-bond acceptors (Lipinski definition) is 4. The van der Waals surface area contributed by atoms with E-state index in [1.54, 1.807) is 20.8 Å². The summed E-state index contributed by atoms with van der Waals surface area (Å²) in [6.45, 7) is 5.37. The Labute approximate surface area is 135 Å². The summed E-state index contributed by atoms with van der Waals surface area (Å²) in [4.78, 5) is 30.0. The minimum absolute atomic E-state index is 0.0671. The Kier molecular flexibility index (Phi) is 4.88. The third-order valence-corrected chi connectivity index (χ3v) is 3.46. The second-order valence-electron chi connectivity index (χ2n) is 5.87. The summed E-state index contributed by atoms with van der Waals surface area (Å²) in [5, 5.41) is 5.11. The molecule has 3 amide bonds. The Morgan fingerprint density at radius 2 is 1.91 bits per heavy atom. The van der Waals surface area contributed by atoms with E-state index in [1.807, 2.05) is 0 Å². The largest absolute Gasteiger partial charge is 0.333 e. The summed E-state index contributed by atoms with van der Waals surface area (Å²) < 4.78 is 26.2. The first-order chi connectivity index (χ1) is 10.6. The molecule has 0 saturated carbocycles. The van der Waals surface area contributed by atoms with E-state index in [-0.39, 0.29) is 11.3 Å². The highest BCUT2D eigenvalue weighted by Crippen LogP contribution is 2.21. The molecular formula is C14H16F2N4O2S. The van der Waals surface area contributed by atoms with E-state index in [9.17, 15) is 18.4 Å². The van der Waals surface area contributed by atoms with E-state index in [2.05, 4.69) is 20.6 Å². The number of aromatic amines is 1. The number of rotatable bonds is 3. The lowest BCUT2D eigenvalue weighted by Gasteiger charge is -2.20. The van der Waals surface area contributed by atoms with Gasteiger partial charge < -0.3 is 10.3 Å². The predicted molar refractivity (Wildman–Crippen MR) is 83.2 cm³/mol. The number of benzene rings is 1. The van der Waals surface area contributed by atoms with Crippen LogP contribution < -0.4 is 10.6 Å². The van der Waals surface area contributed by atoms with Crippen molar-refractivity contribution in [2.24, 2.45) is 0 Å². The molecule has 0 aliphatic carbocycles. The normalized spacial score (nSPS) is 11.5. The van der Waals surface area contributed by atoms with Crippen molar-refractivity contribution in [3.8, 4) is 0 Å². The van der Waals surface area contributed by atoms with E-state index in [1.165, 1.54) is 0 Å². The Bertz CT molecular complexity index is 716. The number of fused-ring (bicyclic) bond motifs is 1. The van der Waals surface area contributed by atoms with Crippen molar-refractivity contribution in [1.82, 2.24) is 20.6 Å². The van der Waals surface area contributed by atoms with Crippen molar-refractivity contribution < 1.29 is 18.4 Å². The van der Waals surface area contributed by atoms with Crippen LogP contribution in [0, 0.1) is 11.6 Å². The highest BCUT2D eigenvalue weighted by Gasteiger charge is 2.16. The molecule has 23 heavy (non-hydrogen) atoms. The maximum atomic E-state index is 13.1. The van der Waals surface area contributed by atoms with Gasteiger partial charge in [-0.15, -0.1) is 0 Å². The van der Waals surface area contributed by atoms with Crippen molar-refractivity contribution in [2.75, 3.05) is 5.75 Å². The molecule has 0 aliphatic rings. The first-order valence-corrected chi connectivity index (χ1v) is 7.72. The number of carbonyl (C=O) groups is 2. The lowest BCUT2D eigenvalue weighted by atomic mass is 10.1. The number of imidazole rings is 1. The number of halogens is 2. The van der Waals surface area contributed by atoms with E-state index < -0.39 is 29.1 Å². The van der Waals surface area contributed by atoms with Crippen LogP contribution in [0.15, 0.2) is 17.3 Å². The number of hydrogen-bond donors (Lipinski definition) is 3. The number of urea groups is 1. The van der Waals surface area contributed by atoms with E-state index in [4.69, 9.17) is 0 Å². The van der Waals surface area contributed by atoms with Gasteiger partial charge in [0, 0.05) is 17.7 Å². The molecule has 0 atom stereocenters. The zero-order chi connectivity index (χ0) is 17.2. The second-order valence-corrected chi connectivity index (χ2v) is 6.83. The van der Waals surface area contributed by atoms with Crippen molar-refractivity contribution in [3.63, 3.8) is 0 Å². The summed E-state index contributed by atoms with van der Waals surface area (Å²) in [6.07, 6.45) is 0. The number of carbonyl (C=O) groups excluding carboxylic acids is 2. The zero-order valence-electron chi connectivity index (χ0n) is 12.8. The molecule has 0 radical (unpaired) electrons. The quantitative estimate of drug-likeness (QED) is 0.748. The molecule has 3 N–H and O–H groups in total. The molecular weight excluding hydrogens is 326 g/mol. The van der Waals surface area contributed by atoms with Crippen molar-refractivity contribution in [1.29, 1.82) is 0 Å². The molecule has 0 spiro atoms. The van der Waals surface area contributed by atoms with Gasteiger partial charge in [0.15, 0.2) is 16.8 Å². The smallest absolute Gasteiger partial charge is 0.321 e. The highest BCUT2D eigenvalue weighted by atomic mass is 32.2. The Morgan fingerprint density at radius 1 is 1.26 bits per heavy atom. The number of nitrogens with one attached hydrogen (secondary N) is 3. The van der Waals surface area contributed by atoms with Crippen LogP contribution in [0.5, 0.6) is 0 Å². The summed E-state index contributed by atoms with van der Waals surface area (Å²) in [5.74, 6) is -2.54. The third-order valence-electron chi connectivity index (χ3n) is 2.58. The van der Waals surface area contributed by atoms with Crippen LogP contribution in [0.4, 0.5) is 13.6 Å². The van der Waals surface area contributed by atoms with Gasteiger partial charge in [0.25, 0.3) is 0 Å². The summed E-state index contributed by atoms with van der Waals surface area (Å²) in [6, 6.07) is 1.39. The Morgan fingerprint density at radius 3 is 2.57 bits per heavy atom. The molecule has 9 heteroatoms. The summed E-state index contributed by atoms with van der Waals surface area (Å²) in [5.41, 5.74) is 0.138. The molecule has 124 valence electrons. The molecule has 0 saturated heterocycles. The molecule has 1 heterocycles. The number of nitrogens with zero attached hydrogens (tertiary/aromatic N) is 1. The standard InChI is InChI=1S/C14H16F2N4O2S/c1-14(2,3)20-12(22)19-11(21)6-23-13-17-9-4-7(15)8(16)5-10(9)18-13/h4-5H,6H2,1-3H3,(H,17,18)(H2,19,20,21,22). The van der Waals surface area contributed by atoms with Crippen LogP contribution in [-0.2, 0) is 4.79 Å². The monoisotopic (exact) mass is 342 g/mol. The summed E-state index contributed by atoms with van der Waals surface area (Å²) >= 11 is 1.02. The lowest BCUT2D eigenvalue weighted by molar-refractivity contribution is -0.117. The zero-order valence-corrected chi connectivity index (χ0v) is 13.6. The maximum Gasteiger partial charge on any atom is 0.321 e. The first kappa shape index (κ1) is 17.2. The van der Waals surface area contributed by atoms with Gasteiger partial charge in [-0.1, -0.05) is 11.8 Å². The fraction of sp³-hybridized carbons (Fsp3) is 0.357. The van der Waals surface area contributed by atoms with Crippen molar-refractivity contribution in [2.45, 2.75) is 31.5 Å². The number of imide groups is 1. The third kappa shape index (κ3) is 4.92. The average molecular weight is 342 g/mol. The van der Waals surface area contributed by atoms with Crippen LogP contribution in [0.1, 0.15) is 20.8 Å². The lowest BCUT2D eigenvalue weighted by Crippen LogP contribution is -2.48. The van der Waals surface area contributed by atoms with Gasteiger partial charge in [-0.25, -0.2) is 18.6 Å². The van der Waals surface area contributed by atoms with Gasteiger partial charge in [0.05, 0.1) is 16.8 Å². The van der Waals surface area contributed by atoms with Crippen LogP contribution in [0.2, 0.25) is 0 Å². The number of aromatic nitrogens is 2. The Balaban J connectivity index is 1.93. The first-order valence-electron chi connectivity index (χ1n) is 6.73. The molecule has 0 aliphatic heterocycles. The molecule has 6 nitrogen and oxygen atoms in total. The minimum atomic E-state index is -0.989. The fourth-order valence-corrected chi connectivity index (χ4v) is 2.40. The van der Waals surface area contributed by atoms with E-state index in [0.717, 1.165) is 23.9 Å². The Hall–Kier alpha value is -2.16. The van der Waals surface area contributed by atoms with E-state index >= 15 is 0 Å². The predicted octanol–water partition coefficient (Wildman–Crippen LogP) is 2.56. The molecule has 0 bridgehead atoms. The minimum Gasteiger partial charge on any atom is -0.333 e. The average Bonchev–Trinajstić information content (AvgIpc) is 2.76. The summed E-state index contributed by atoms with van der Waals surface area (Å²) in [7, 11) is 0. The van der Waals surface area contributed by atoms with Gasteiger partial charge >= 0.3 is 6.03 Å². The molecule has 0 fully saturated rings. The number of thioether (sulfide) groups is 1. The van der Waals surface area contributed by atoms with Gasteiger partial charge in [-0.3, -0.25) is 10.1 Å². The molecule has 2 rings (SSSR count). The number of H-pyrrole nitrogens is 1. The molecule has 2 aromatic rings. The van der Waals surface area contributed by atoms with Gasteiger partial charge in [-0.05, 0) is 20.8 Å². The topological polar surface area (TPSA) is 86.9 Å². The fourth-order valence-electron chi connectivity index (χ4n) is 1.72. The molecule has 0 unspecified atom stereocenters. The maximum absolute atomic E-state index is 13.1. The van der Waals surface area contributed by atoms with Gasteiger partial charge in [0.2, 0.25) is 5.91 Å². The van der Waals surface area contributed by atoms with Crippen LogP contribution in [-0.4, -0.2) is 33.2 Å². The SMILES string of the molecule is CC(C)(C)NC(=O)NC(=O)CSc1nc2cc(F)c(F)cc2[nH]1. The molecule has 1 aromatic carbocycles. The highest BCUT2D eigenvalue weighted by molar-refractivity contribution is 7.99. The van der Waals surface area contributed by atoms with Crippen LogP contribution >= 0.6 is 11.8 Å². The van der Waals surface area contributed by atoms with Gasteiger partial charge in [-0.2, -0.15) is 0 Å². The van der Waals surface area contributed by atoms with Crippen molar-refractivity contribution >= 4 is 34.7 Å².